The van der Waals surface area contributed by atoms with Gasteiger partial charge in [-0.1, -0.05) is 43.7 Å². The Kier molecular flexibility index (Phi) is 7.04. The molecule has 0 aliphatic carbocycles. The fourth-order valence-electron chi connectivity index (χ4n) is 3.57. The van der Waals surface area contributed by atoms with Crippen LogP contribution >= 0.6 is 11.3 Å². The summed E-state index contributed by atoms with van der Waals surface area (Å²) in [6, 6.07) is 7.58. The van der Waals surface area contributed by atoms with Crippen molar-refractivity contribution in [2.45, 2.75) is 46.1 Å². The van der Waals surface area contributed by atoms with Crippen molar-refractivity contribution in [3.63, 3.8) is 0 Å². The van der Waals surface area contributed by atoms with Crippen molar-refractivity contribution in [2.75, 3.05) is 24.6 Å². The van der Waals surface area contributed by atoms with Crippen molar-refractivity contribution in [3.05, 3.63) is 51.9 Å². The maximum absolute atomic E-state index is 12.9. The Hall–Kier alpha value is -2.94. The van der Waals surface area contributed by atoms with Crippen molar-refractivity contribution in [1.29, 1.82) is 0 Å². The minimum absolute atomic E-state index is 0.00821. The SMILES string of the molecule is CCCCOc1ccc(CNC(=O)c2cnc3sc(N4CCC(C)CC4)nn3c2=O)cc1. The van der Waals surface area contributed by atoms with Crippen LogP contribution in [-0.4, -0.2) is 40.2 Å². The molecule has 3 aromatic rings. The van der Waals surface area contributed by atoms with E-state index in [2.05, 4.69) is 34.1 Å². The molecule has 9 heteroatoms. The van der Waals surface area contributed by atoms with E-state index in [1.165, 1.54) is 22.0 Å². The van der Waals surface area contributed by atoms with E-state index in [4.69, 9.17) is 4.74 Å². The van der Waals surface area contributed by atoms with Gasteiger partial charge in [-0.25, -0.2) is 4.98 Å². The third-order valence-corrected chi connectivity index (χ3v) is 6.70. The second-order valence-electron chi connectivity index (χ2n) is 8.25. The van der Waals surface area contributed by atoms with Gasteiger partial charge in [0.25, 0.3) is 11.5 Å². The molecule has 4 rings (SSSR count). The van der Waals surface area contributed by atoms with Crippen LogP contribution < -0.4 is 20.5 Å². The Bertz CT molecular complexity index is 1120. The molecule has 1 fully saturated rings. The largest absolute Gasteiger partial charge is 0.494 e. The fraction of sp³-hybridized carbons (Fsp3) is 0.478. The predicted octanol–water partition coefficient (Wildman–Crippen LogP) is 3.50. The second kappa shape index (κ2) is 10.1. The number of benzene rings is 1. The number of carbonyl (C=O) groups excluding carboxylic acids is 1. The van der Waals surface area contributed by atoms with Gasteiger partial charge in [0.1, 0.15) is 11.3 Å². The summed E-state index contributed by atoms with van der Waals surface area (Å²) in [6.07, 6.45) is 5.67. The van der Waals surface area contributed by atoms with Gasteiger partial charge in [-0.3, -0.25) is 9.59 Å². The highest BCUT2D eigenvalue weighted by Crippen LogP contribution is 2.26. The molecule has 1 aromatic carbocycles. The summed E-state index contributed by atoms with van der Waals surface area (Å²) in [7, 11) is 0. The Balaban J connectivity index is 1.41. The average Bonchev–Trinajstić information content (AvgIpc) is 3.24. The number of nitrogens with one attached hydrogen (secondary N) is 1. The molecule has 0 saturated carbocycles. The number of nitrogens with zero attached hydrogens (tertiary/aromatic N) is 4. The number of carbonyl (C=O) groups is 1. The molecule has 0 unspecified atom stereocenters. The predicted molar refractivity (Wildman–Crippen MR) is 126 cm³/mol. The zero-order valence-corrected chi connectivity index (χ0v) is 19.4. The molecule has 1 saturated heterocycles. The number of anilines is 1. The van der Waals surface area contributed by atoms with E-state index in [0.29, 0.717) is 24.0 Å². The Labute approximate surface area is 191 Å². The van der Waals surface area contributed by atoms with Crippen LogP contribution in [0.3, 0.4) is 0 Å². The summed E-state index contributed by atoms with van der Waals surface area (Å²) in [5.41, 5.74) is 0.469. The van der Waals surface area contributed by atoms with E-state index in [-0.39, 0.29) is 5.56 Å². The molecule has 0 radical (unpaired) electrons. The number of ether oxygens (including phenoxy) is 1. The molecule has 0 spiro atoms. The van der Waals surface area contributed by atoms with Crippen molar-refractivity contribution < 1.29 is 9.53 Å². The maximum atomic E-state index is 12.9. The van der Waals surface area contributed by atoms with Gasteiger partial charge in [-0.15, -0.1) is 5.10 Å². The quantitative estimate of drug-likeness (QED) is 0.523. The Morgan fingerprint density at radius 3 is 2.72 bits per heavy atom. The highest BCUT2D eigenvalue weighted by Gasteiger charge is 2.21. The number of unbranched alkanes of at least 4 members (excludes halogenated alkanes) is 1. The molecule has 8 nitrogen and oxygen atoms in total. The number of aromatic nitrogens is 3. The number of hydrogen-bond donors (Lipinski definition) is 1. The normalized spacial score (nSPS) is 14.6. The van der Waals surface area contributed by atoms with E-state index in [1.807, 2.05) is 24.3 Å². The van der Waals surface area contributed by atoms with Crippen molar-refractivity contribution in [3.8, 4) is 5.75 Å². The van der Waals surface area contributed by atoms with Crippen molar-refractivity contribution >= 4 is 27.3 Å². The van der Waals surface area contributed by atoms with Gasteiger partial charge < -0.3 is 15.0 Å². The molecule has 32 heavy (non-hydrogen) atoms. The number of hydrogen-bond acceptors (Lipinski definition) is 7. The lowest BCUT2D eigenvalue weighted by Crippen LogP contribution is -2.33. The molecule has 1 aliphatic rings. The molecule has 1 amide bonds. The smallest absolute Gasteiger partial charge is 0.288 e. The highest BCUT2D eigenvalue weighted by molar-refractivity contribution is 7.20. The fourth-order valence-corrected chi connectivity index (χ4v) is 4.49. The van der Waals surface area contributed by atoms with E-state index in [9.17, 15) is 9.59 Å². The summed E-state index contributed by atoms with van der Waals surface area (Å²) in [4.78, 5) is 32.5. The lowest BCUT2D eigenvalue weighted by atomic mass is 10.00. The van der Waals surface area contributed by atoms with Crippen LogP contribution in [0, 0.1) is 5.92 Å². The third-order valence-electron chi connectivity index (χ3n) is 5.72. The van der Waals surface area contributed by atoms with Gasteiger partial charge in [-0.05, 0) is 42.9 Å². The van der Waals surface area contributed by atoms with Crippen LogP contribution in [0.25, 0.3) is 4.96 Å². The van der Waals surface area contributed by atoms with Crippen LogP contribution in [0.4, 0.5) is 5.13 Å². The highest BCUT2D eigenvalue weighted by atomic mass is 32.1. The molecular formula is C23H29N5O3S. The number of amides is 1. The van der Waals surface area contributed by atoms with Gasteiger partial charge in [-0.2, -0.15) is 4.52 Å². The summed E-state index contributed by atoms with van der Waals surface area (Å²) in [6.45, 7) is 7.22. The van der Waals surface area contributed by atoms with Gasteiger partial charge in [0.05, 0.1) is 6.61 Å². The van der Waals surface area contributed by atoms with Gasteiger partial charge in [0.2, 0.25) is 10.1 Å². The first-order chi connectivity index (χ1) is 15.5. The monoisotopic (exact) mass is 455 g/mol. The molecule has 1 N–H and O–H groups in total. The van der Waals surface area contributed by atoms with E-state index in [1.54, 1.807) is 0 Å². The van der Waals surface area contributed by atoms with Crippen LogP contribution in [0.1, 0.15) is 55.5 Å². The van der Waals surface area contributed by atoms with Crippen LogP contribution in [0.15, 0.2) is 35.3 Å². The summed E-state index contributed by atoms with van der Waals surface area (Å²) >= 11 is 1.38. The first kappa shape index (κ1) is 22.3. The lowest BCUT2D eigenvalue weighted by Gasteiger charge is -2.29. The number of piperidine rings is 1. The maximum Gasteiger partial charge on any atom is 0.288 e. The van der Waals surface area contributed by atoms with Crippen LogP contribution in [-0.2, 0) is 6.54 Å². The molecule has 3 heterocycles. The Morgan fingerprint density at radius 1 is 1.25 bits per heavy atom. The topological polar surface area (TPSA) is 88.8 Å². The Morgan fingerprint density at radius 2 is 2.00 bits per heavy atom. The average molecular weight is 456 g/mol. The zero-order chi connectivity index (χ0) is 22.5. The standard InChI is InChI=1S/C23H29N5O3S/c1-3-4-13-31-18-7-5-17(6-8-18)14-24-20(29)19-15-25-22-28(21(19)30)26-23(32-22)27-11-9-16(2)10-12-27/h5-8,15-16H,3-4,9-14H2,1-2H3,(H,24,29). The summed E-state index contributed by atoms with van der Waals surface area (Å²) in [5, 5.41) is 8.03. The first-order valence-corrected chi connectivity index (χ1v) is 12.0. The molecule has 170 valence electrons. The van der Waals surface area contributed by atoms with E-state index >= 15 is 0 Å². The zero-order valence-electron chi connectivity index (χ0n) is 18.5. The van der Waals surface area contributed by atoms with Gasteiger partial charge in [0.15, 0.2) is 0 Å². The van der Waals surface area contributed by atoms with Crippen molar-refractivity contribution in [1.82, 2.24) is 19.9 Å². The third kappa shape index (κ3) is 5.09. The van der Waals surface area contributed by atoms with E-state index < -0.39 is 11.5 Å². The lowest BCUT2D eigenvalue weighted by molar-refractivity contribution is 0.0948. The minimum atomic E-state index is -0.457. The second-order valence-corrected chi connectivity index (χ2v) is 9.19. The summed E-state index contributed by atoms with van der Waals surface area (Å²) in [5.74, 6) is 1.06. The molecular weight excluding hydrogens is 426 g/mol. The van der Waals surface area contributed by atoms with E-state index in [0.717, 1.165) is 55.2 Å². The van der Waals surface area contributed by atoms with Crippen LogP contribution in [0.2, 0.25) is 0 Å². The molecule has 0 atom stereocenters. The van der Waals surface area contributed by atoms with Crippen LogP contribution in [0.5, 0.6) is 5.75 Å². The number of rotatable bonds is 8. The molecule has 0 bridgehead atoms. The molecule has 1 aliphatic heterocycles. The minimum Gasteiger partial charge on any atom is -0.494 e. The van der Waals surface area contributed by atoms with Gasteiger partial charge >= 0.3 is 0 Å². The number of fused-ring (bicyclic) bond motifs is 1. The van der Waals surface area contributed by atoms with Gasteiger partial charge in [0, 0.05) is 25.8 Å². The molecule has 2 aromatic heterocycles. The van der Waals surface area contributed by atoms with Crippen molar-refractivity contribution in [2.24, 2.45) is 5.92 Å². The first-order valence-electron chi connectivity index (χ1n) is 11.2. The summed E-state index contributed by atoms with van der Waals surface area (Å²) < 4.78 is 6.90.